The fraction of sp³-hybridized carbons (Fsp3) is 0.350. The van der Waals surface area contributed by atoms with Gasteiger partial charge in [0.25, 0.3) is 0 Å². The molecule has 3 heteroatoms. The van der Waals surface area contributed by atoms with Crippen LogP contribution in [-0.4, -0.2) is 18.7 Å². The predicted octanol–water partition coefficient (Wildman–Crippen LogP) is 4.12. The van der Waals surface area contributed by atoms with Crippen molar-refractivity contribution in [3.63, 3.8) is 0 Å². The van der Waals surface area contributed by atoms with Crippen LogP contribution >= 0.6 is 0 Å². The van der Waals surface area contributed by atoms with E-state index in [1.807, 2.05) is 42.5 Å². The zero-order valence-electron chi connectivity index (χ0n) is 13.0. The first kappa shape index (κ1) is 14.5. The number of carbonyl (C=O) groups is 1. The van der Waals surface area contributed by atoms with Gasteiger partial charge in [0.2, 0.25) is 0 Å². The van der Waals surface area contributed by atoms with Crippen molar-refractivity contribution < 1.29 is 14.3 Å². The Hall–Kier alpha value is -2.13. The van der Waals surface area contributed by atoms with E-state index in [9.17, 15) is 4.79 Å². The number of benzene rings is 2. The molecule has 3 unspecified atom stereocenters. The molecule has 3 nitrogen and oxygen atoms in total. The van der Waals surface area contributed by atoms with Crippen LogP contribution in [0.1, 0.15) is 19.3 Å². The lowest BCUT2D eigenvalue weighted by molar-refractivity contribution is -0.136. The molecule has 0 aromatic heterocycles. The summed E-state index contributed by atoms with van der Waals surface area (Å²) in [6.07, 6.45) is 7.44. The molecule has 0 radical (unpaired) electrons. The Labute approximate surface area is 135 Å². The number of fused-ring (bicyclic) bond motifs is 3. The zero-order chi connectivity index (χ0) is 15.6. The van der Waals surface area contributed by atoms with Crippen molar-refractivity contribution in [1.82, 2.24) is 0 Å². The lowest BCUT2D eigenvalue weighted by atomic mass is 10.0. The molecular weight excluding hydrogens is 288 g/mol. The van der Waals surface area contributed by atoms with Gasteiger partial charge in [0.15, 0.2) is 0 Å². The largest absolute Gasteiger partial charge is 0.426 e. The number of allylic oxidation sites excluding steroid dienone is 1. The molecule has 1 saturated carbocycles. The maximum absolute atomic E-state index is 12.1. The minimum absolute atomic E-state index is 0.236. The first-order valence-corrected chi connectivity index (χ1v) is 8.28. The second kappa shape index (κ2) is 6.17. The number of carbonyl (C=O) groups excluding carboxylic acids is 1. The molecule has 0 heterocycles. The third-order valence-electron chi connectivity index (χ3n) is 4.83. The summed E-state index contributed by atoms with van der Waals surface area (Å²) in [5.41, 5.74) is 0. The Morgan fingerprint density at radius 2 is 1.91 bits per heavy atom. The third-order valence-corrected chi connectivity index (χ3v) is 4.83. The average molecular weight is 308 g/mol. The van der Waals surface area contributed by atoms with Crippen LogP contribution in [0.25, 0.3) is 10.8 Å². The predicted molar refractivity (Wildman–Crippen MR) is 89.3 cm³/mol. The molecule has 0 aliphatic heterocycles. The van der Waals surface area contributed by atoms with Gasteiger partial charge in [-0.2, -0.15) is 0 Å². The van der Waals surface area contributed by atoms with Gasteiger partial charge < -0.3 is 9.47 Å². The SMILES string of the molecule is O=C(CCOC1CC2C=CC1C2)Oc1cccc2ccccc12. The first-order valence-electron chi connectivity index (χ1n) is 8.28. The van der Waals surface area contributed by atoms with E-state index in [0.717, 1.165) is 17.2 Å². The van der Waals surface area contributed by atoms with Crippen molar-refractivity contribution in [2.24, 2.45) is 11.8 Å². The minimum Gasteiger partial charge on any atom is -0.426 e. The number of hydrogen-bond donors (Lipinski definition) is 0. The van der Waals surface area contributed by atoms with Crippen molar-refractivity contribution in [3.05, 3.63) is 54.6 Å². The second-order valence-electron chi connectivity index (χ2n) is 6.39. The Kier molecular flexibility index (Phi) is 3.88. The summed E-state index contributed by atoms with van der Waals surface area (Å²) < 4.78 is 11.4. The van der Waals surface area contributed by atoms with Gasteiger partial charge in [-0.25, -0.2) is 0 Å². The molecule has 118 valence electrons. The van der Waals surface area contributed by atoms with E-state index in [2.05, 4.69) is 12.2 Å². The van der Waals surface area contributed by atoms with Crippen molar-refractivity contribution >= 4 is 16.7 Å². The van der Waals surface area contributed by atoms with Crippen LogP contribution in [0.4, 0.5) is 0 Å². The van der Waals surface area contributed by atoms with E-state index < -0.39 is 0 Å². The van der Waals surface area contributed by atoms with E-state index in [4.69, 9.17) is 9.47 Å². The second-order valence-corrected chi connectivity index (χ2v) is 6.39. The number of esters is 1. The van der Waals surface area contributed by atoms with Crippen molar-refractivity contribution in [1.29, 1.82) is 0 Å². The van der Waals surface area contributed by atoms with Gasteiger partial charge in [-0.3, -0.25) is 4.79 Å². The van der Waals surface area contributed by atoms with Crippen LogP contribution in [0.15, 0.2) is 54.6 Å². The summed E-state index contributed by atoms with van der Waals surface area (Å²) in [7, 11) is 0. The van der Waals surface area contributed by atoms with Crippen molar-refractivity contribution in [2.45, 2.75) is 25.4 Å². The highest BCUT2D eigenvalue weighted by Gasteiger charge is 2.36. The number of rotatable bonds is 5. The van der Waals surface area contributed by atoms with Gasteiger partial charge in [0, 0.05) is 11.3 Å². The summed E-state index contributed by atoms with van der Waals surface area (Å²) in [6.45, 7) is 0.436. The molecular formula is C20H20O3. The zero-order valence-corrected chi connectivity index (χ0v) is 13.0. The van der Waals surface area contributed by atoms with Crippen LogP contribution in [0, 0.1) is 11.8 Å². The number of hydrogen-bond acceptors (Lipinski definition) is 3. The molecule has 1 fully saturated rings. The Balaban J connectivity index is 1.32. The van der Waals surface area contributed by atoms with E-state index in [1.165, 1.54) is 6.42 Å². The van der Waals surface area contributed by atoms with Crippen molar-refractivity contribution in [3.8, 4) is 5.75 Å². The van der Waals surface area contributed by atoms with E-state index in [-0.39, 0.29) is 12.1 Å². The highest BCUT2D eigenvalue weighted by molar-refractivity contribution is 5.90. The number of ether oxygens (including phenoxy) is 2. The molecule has 0 saturated heterocycles. The molecule has 2 aromatic carbocycles. The monoisotopic (exact) mass is 308 g/mol. The quantitative estimate of drug-likeness (QED) is 0.473. The van der Waals surface area contributed by atoms with Gasteiger partial charge >= 0.3 is 5.97 Å². The standard InChI is InChI=1S/C20H20O3/c21-20(10-11-22-19-13-14-8-9-16(19)12-14)23-18-7-3-5-15-4-1-2-6-17(15)18/h1-9,14,16,19H,10-13H2. The van der Waals surface area contributed by atoms with Crippen LogP contribution in [0.2, 0.25) is 0 Å². The molecule has 2 aliphatic carbocycles. The lowest BCUT2D eigenvalue weighted by Gasteiger charge is -2.18. The van der Waals surface area contributed by atoms with Crippen LogP contribution in [0.3, 0.4) is 0 Å². The molecule has 0 N–H and O–H groups in total. The van der Waals surface area contributed by atoms with Crippen LogP contribution in [-0.2, 0) is 9.53 Å². The normalized spacial score (nSPS) is 25.1. The Morgan fingerprint density at radius 1 is 1.04 bits per heavy atom. The van der Waals surface area contributed by atoms with Gasteiger partial charge in [-0.1, -0.05) is 48.6 Å². The minimum atomic E-state index is -0.236. The van der Waals surface area contributed by atoms with Crippen molar-refractivity contribution in [2.75, 3.05) is 6.61 Å². The average Bonchev–Trinajstić information content (AvgIpc) is 3.18. The van der Waals surface area contributed by atoms with Gasteiger partial charge in [-0.05, 0) is 30.2 Å². The summed E-state index contributed by atoms with van der Waals surface area (Å²) in [5, 5.41) is 2.03. The molecule has 2 bridgehead atoms. The molecule has 2 aliphatic rings. The molecule has 4 rings (SSSR count). The smallest absolute Gasteiger partial charge is 0.313 e. The summed E-state index contributed by atoms with van der Waals surface area (Å²) in [5.74, 6) is 1.62. The molecule has 23 heavy (non-hydrogen) atoms. The van der Waals surface area contributed by atoms with E-state index in [0.29, 0.717) is 30.6 Å². The summed E-state index contributed by atoms with van der Waals surface area (Å²) in [4.78, 5) is 12.1. The first-order chi connectivity index (χ1) is 11.3. The maximum atomic E-state index is 12.1. The van der Waals surface area contributed by atoms with Gasteiger partial charge in [-0.15, -0.1) is 0 Å². The fourth-order valence-electron chi connectivity index (χ4n) is 3.67. The lowest BCUT2D eigenvalue weighted by Crippen LogP contribution is -2.21. The third kappa shape index (κ3) is 3.02. The van der Waals surface area contributed by atoms with Gasteiger partial charge in [0.05, 0.1) is 19.1 Å². The van der Waals surface area contributed by atoms with Gasteiger partial charge in [0.1, 0.15) is 5.75 Å². The fourth-order valence-corrected chi connectivity index (χ4v) is 3.67. The summed E-state index contributed by atoms with van der Waals surface area (Å²) in [6, 6.07) is 13.7. The highest BCUT2D eigenvalue weighted by atomic mass is 16.5. The van der Waals surface area contributed by atoms with E-state index >= 15 is 0 Å². The summed E-state index contributed by atoms with van der Waals surface area (Å²) >= 11 is 0. The van der Waals surface area contributed by atoms with Crippen LogP contribution in [0.5, 0.6) is 5.75 Å². The maximum Gasteiger partial charge on any atom is 0.313 e. The Bertz CT molecular complexity index is 744. The molecule has 0 amide bonds. The Morgan fingerprint density at radius 3 is 2.74 bits per heavy atom. The van der Waals surface area contributed by atoms with Crippen LogP contribution < -0.4 is 4.74 Å². The molecule has 3 atom stereocenters. The van der Waals surface area contributed by atoms with E-state index in [1.54, 1.807) is 0 Å². The highest BCUT2D eigenvalue weighted by Crippen LogP contribution is 2.40. The molecule has 0 spiro atoms. The topological polar surface area (TPSA) is 35.5 Å². The molecule has 2 aromatic rings.